The summed E-state index contributed by atoms with van der Waals surface area (Å²) < 4.78 is 6.82. The molecule has 3 rings (SSSR count). The molecule has 0 saturated carbocycles. The summed E-state index contributed by atoms with van der Waals surface area (Å²) in [5.41, 5.74) is 1.31. The van der Waals surface area contributed by atoms with Crippen molar-refractivity contribution >= 4 is 23.3 Å². The number of hydrogen-bond acceptors (Lipinski definition) is 4. The molecule has 1 aliphatic rings. The van der Waals surface area contributed by atoms with Gasteiger partial charge in [-0.3, -0.25) is 4.68 Å². The van der Waals surface area contributed by atoms with Crippen LogP contribution in [0.2, 0.25) is 5.02 Å². The standard InChI is InChI=1S/C16H19ClN4O3/c17-13-3-1-12(2-4-13)6-21-7-14(5-19-21)20-15(23)18-8-16(9-22)10-24-11-16/h1-5,7,22H,6,8-11H2,(H2,18,20,23). The zero-order valence-electron chi connectivity index (χ0n) is 13.0. The summed E-state index contributed by atoms with van der Waals surface area (Å²) in [5, 5.41) is 19.7. The predicted molar refractivity (Wildman–Crippen MR) is 90.1 cm³/mol. The number of halogens is 1. The second-order valence-electron chi connectivity index (χ2n) is 6.01. The van der Waals surface area contributed by atoms with Gasteiger partial charge in [0.05, 0.1) is 43.7 Å². The van der Waals surface area contributed by atoms with E-state index < -0.39 is 0 Å². The number of carbonyl (C=O) groups is 1. The van der Waals surface area contributed by atoms with Gasteiger partial charge in [-0.1, -0.05) is 23.7 Å². The van der Waals surface area contributed by atoms with Crippen molar-refractivity contribution in [3.63, 3.8) is 0 Å². The fourth-order valence-electron chi connectivity index (χ4n) is 2.37. The van der Waals surface area contributed by atoms with Crippen molar-refractivity contribution in [1.82, 2.24) is 15.1 Å². The topological polar surface area (TPSA) is 88.4 Å². The molecule has 128 valence electrons. The number of rotatable bonds is 6. The summed E-state index contributed by atoms with van der Waals surface area (Å²) >= 11 is 5.86. The lowest BCUT2D eigenvalue weighted by molar-refractivity contribution is -0.132. The number of amides is 2. The van der Waals surface area contributed by atoms with E-state index in [-0.39, 0.29) is 18.1 Å². The second-order valence-corrected chi connectivity index (χ2v) is 6.45. The van der Waals surface area contributed by atoms with Crippen LogP contribution in [0.15, 0.2) is 36.7 Å². The monoisotopic (exact) mass is 350 g/mol. The van der Waals surface area contributed by atoms with Crippen molar-refractivity contribution in [3.8, 4) is 0 Å². The minimum atomic E-state index is -0.351. The van der Waals surface area contributed by atoms with Crippen molar-refractivity contribution in [2.45, 2.75) is 6.54 Å². The Morgan fingerprint density at radius 3 is 2.75 bits per heavy atom. The van der Waals surface area contributed by atoms with Gasteiger partial charge in [-0.05, 0) is 17.7 Å². The second kappa shape index (κ2) is 7.21. The van der Waals surface area contributed by atoms with Gasteiger partial charge in [-0.25, -0.2) is 4.79 Å². The molecule has 1 fully saturated rings. The number of nitrogens with zero attached hydrogens (tertiary/aromatic N) is 2. The van der Waals surface area contributed by atoms with Crippen molar-refractivity contribution < 1.29 is 14.6 Å². The third kappa shape index (κ3) is 4.05. The third-order valence-corrected chi connectivity index (χ3v) is 4.18. The fraction of sp³-hybridized carbons (Fsp3) is 0.375. The van der Waals surface area contributed by atoms with E-state index in [2.05, 4.69) is 15.7 Å². The number of aliphatic hydroxyl groups excluding tert-OH is 1. The largest absolute Gasteiger partial charge is 0.396 e. The Hall–Kier alpha value is -2.09. The smallest absolute Gasteiger partial charge is 0.319 e. The lowest BCUT2D eigenvalue weighted by Gasteiger charge is -2.39. The number of carbonyl (C=O) groups excluding carboxylic acids is 1. The lowest BCUT2D eigenvalue weighted by Crippen LogP contribution is -2.53. The van der Waals surface area contributed by atoms with E-state index in [0.717, 1.165) is 5.56 Å². The van der Waals surface area contributed by atoms with Crippen molar-refractivity contribution in [2.24, 2.45) is 5.41 Å². The van der Waals surface area contributed by atoms with Crippen molar-refractivity contribution in [2.75, 3.05) is 31.7 Å². The number of ether oxygens (including phenoxy) is 1. The van der Waals surface area contributed by atoms with Gasteiger partial charge in [0.2, 0.25) is 0 Å². The van der Waals surface area contributed by atoms with Crippen LogP contribution in [-0.2, 0) is 11.3 Å². The first-order valence-electron chi connectivity index (χ1n) is 7.59. The number of anilines is 1. The van der Waals surface area contributed by atoms with Gasteiger partial charge in [0.25, 0.3) is 0 Å². The highest BCUT2D eigenvalue weighted by atomic mass is 35.5. The van der Waals surface area contributed by atoms with E-state index in [1.807, 2.05) is 24.3 Å². The summed E-state index contributed by atoms with van der Waals surface area (Å²) in [4.78, 5) is 11.9. The van der Waals surface area contributed by atoms with Gasteiger partial charge in [-0.2, -0.15) is 5.10 Å². The average molecular weight is 351 g/mol. The van der Waals surface area contributed by atoms with Crippen LogP contribution in [0.4, 0.5) is 10.5 Å². The average Bonchev–Trinajstić information content (AvgIpc) is 2.96. The Labute approximate surface area is 144 Å². The molecule has 0 aliphatic carbocycles. The van der Waals surface area contributed by atoms with Gasteiger partial charge in [0, 0.05) is 17.8 Å². The van der Waals surface area contributed by atoms with Crippen LogP contribution in [0.5, 0.6) is 0 Å². The molecule has 1 aromatic carbocycles. The first kappa shape index (κ1) is 16.8. The molecule has 2 aromatic rings. The van der Waals surface area contributed by atoms with Crippen LogP contribution >= 0.6 is 11.6 Å². The van der Waals surface area contributed by atoms with E-state index in [0.29, 0.717) is 37.0 Å². The highest BCUT2D eigenvalue weighted by Gasteiger charge is 2.38. The Morgan fingerprint density at radius 2 is 2.12 bits per heavy atom. The molecule has 0 radical (unpaired) electrons. The minimum absolute atomic E-state index is 0.00763. The van der Waals surface area contributed by atoms with Crippen LogP contribution in [0.1, 0.15) is 5.56 Å². The molecule has 3 N–H and O–H groups in total. The van der Waals surface area contributed by atoms with Gasteiger partial charge in [0.1, 0.15) is 0 Å². The molecule has 8 heteroatoms. The quantitative estimate of drug-likeness (QED) is 0.740. The summed E-state index contributed by atoms with van der Waals surface area (Å²) in [5.74, 6) is 0. The maximum atomic E-state index is 11.9. The maximum Gasteiger partial charge on any atom is 0.319 e. The van der Waals surface area contributed by atoms with Crippen LogP contribution in [0.25, 0.3) is 0 Å². The van der Waals surface area contributed by atoms with Gasteiger partial charge < -0.3 is 20.5 Å². The molecule has 0 atom stereocenters. The van der Waals surface area contributed by atoms with Crippen LogP contribution in [0, 0.1) is 5.41 Å². The summed E-state index contributed by atoms with van der Waals surface area (Å²) in [6.07, 6.45) is 3.34. The summed E-state index contributed by atoms with van der Waals surface area (Å²) in [6.45, 7) is 1.87. The summed E-state index contributed by atoms with van der Waals surface area (Å²) in [6, 6.07) is 7.18. The molecule has 0 unspecified atom stereocenters. The van der Waals surface area contributed by atoms with Crippen molar-refractivity contribution in [1.29, 1.82) is 0 Å². The third-order valence-electron chi connectivity index (χ3n) is 3.92. The Kier molecular flexibility index (Phi) is 5.03. The molecular formula is C16H19ClN4O3. The Bertz CT molecular complexity index is 692. The number of aliphatic hydroxyl groups is 1. The Balaban J connectivity index is 1.50. The number of hydrogen-bond donors (Lipinski definition) is 3. The first-order valence-corrected chi connectivity index (χ1v) is 7.97. The zero-order chi connectivity index (χ0) is 17.0. The van der Waals surface area contributed by atoms with Crippen LogP contribution < -0.4 is 10.6 Å². The molecule has 1 aliphatic heterocycles. The normalized spacial score (nSPS) is 15.6. The first-order chi connectivity index (χ1) is 11.6. The zero-order valence-corrected chi connectivity index (χ0v) is 13.8. The maximum absolute atomic E-state index is 11.9. The van der Waals surface area contributed by atoms with E-state index in [9.17, 15) is 9.90 Å². The lowest BCUT2D eigenvalue weighted by atomic mass is 9.87. The fourth-order valence-corrected chi connectivity index (χ4v) is 2.50. The number of urea groups is 1. The molecular weight excluding hydrogens is 332 g/mol. The highest BCUT2D eigenvalue weighted by Crippen LogP contribution is 2.25. The number of benzene rings is 1. The van der Waals surface area contributed by atoms with Gasteiger partial charge in [0.15, 0.2) is 0 Å². The van der Waals surface area contributed by atoms with Gasteiger partial charge >= 0.3 is 6.03 Å². The van der Waals surface area contributed by atoms with E-state index >= 15 is 0 Å². The van der Waals surface area contributed by atoms with E-state index in [4.69, 9.17) is 16.3 Å². The van der Waals surface area contributed by atoms with Crippen molar-refractivity contribution in [3.05, 3.63) is 47.2 Å². The molecule has 1 aromatic heterocycles. The van der Waals surface area contributed by atoms with E-state index in [1.54, 1.807) is 17.1 Å². The number of aromatic nitrogens is 2. The SMILES string of the molecule is O=C(NCC1(CO)COC1)Nc1cnn(Cc2ccc(Cl)cc2)c1. The van der Waals surface area contributed by atoms with Crippen LogP contribution in [0.3, 0.4) is 0 Å². The van der Waals surface area contributed by atoms with Crippen LogP contribution in [-0.4, -0.2) is 47.3 Å². The summed E-state index contributed by atoms with van der Waals surface area (Å²) in [7, 11) is 0. The molecule has 24 heavy (non-hydrogen) atoms. The minimum Gasteiger partial charge on any atom is -0.396 e. The van der Waals surface area contributed by atoms with Gasteiger partial charge in [-0.15, -0.1) is 0 Å². The molecule has 0 bridgehead atoms. The Morgan fingerprint density at radius 1 is 1.38 bits per heavy atom. The predicted octanol–water partition coefficient (Wildman–Crippen LogP) is 1.72. The molecule has 7 nitrogen and oxygen atoms in total. The molecule has 2 amide bonds. The number of nitrogens with one attached hydrogen (secondary N) is 2. The molecule has 2 heterocycles. The highest BCUT2D eigenvalue weighted by molar-refractivity contribution is 6.30. The van der Waals surface area contributed by atoms with E-state index in [1.165, 1.54) is 0 Å². The molecule has 0 spiro atoms. The molecule has 1 saturated heterocycles.